The van der Waals surface area contributed by atoms with Gasteiger partial charge in [-0.1, -0.05) is 65.7 Å². The van der Waals surface area contributed by atoms with Crippen molar-refractivity contribution in [2.45, 2.75) is 50.2 Å². The molecule has 0 saturated carbocycles. The van der Waals surface area contributed by atoms with Gasteiger partial charge in [-0.05, 0) is 80.4 Å². The van der Waals surface area contributed by atoms with Crippen molar-refractivity contribution in [1.29, 1.82) is 0 Å². The van der Waals surface area contributed by atoms with E-state index in [-0.39, 0.29) is 35.2 Å². The van der Waals surface area contributed by atoms with Crippen LogP contribution in [0.1, 0.15) is 31.9 Å². The molecule has 1 N–H and O–H groups in total. The minimum absolute atomic E-state index is 0.00985. The van der Waals surface area contributed by atoms with Gasteiger partial charge in [0.25, 0.3) is 10.0 Å². The summed E-state index contributed by atoms with van der Waals surface area (Å²) in [6, 6.07) is 25.6. The quantitative estimate of drug-likeness (QED) is 0.164. The summed E-state index contributed by atoms with van der Waals surface area (Å²) in [6.45, 7) is 4.95. The van der Waals surface area contributed by atoms with Gasteiger partial charge in [0.15, 0.2) is 11.5 Å². The fourth-order valence-electron chi connectivity index (χ4n) is 5.03. The maximum atomic E-state index is 14.6. The minimum atomic E-state index is -4.38. The average Bonchev–Trinajstić information content (AvgIpc) is 3.05. The Labute approximate surface area is 292 Å². The van der Waals surface area contributed by atoms with Crippen molar-refractivity contribution in [3.05, 3.63) is 118 Å². The van der Waals surface area contributed by atoms with Gasteiger partial charge in [-0.25, -0.2) is 8.42 Å². The zero-order valence-corrected chi connectivity index (χ0v) is 29.8. The van der Waals surface area contributed by atoms with Gasteiger partial charge in [0, 0.05) is 34.6 Å². The SMILES string of the molecule is COc1ccc(S(=O)(=O)N(CC(=O)N(Cc2ccc(Cl)cc2)[C@@H](Cc2ccccc2)C(=O)NC(C)(C)C)c2ccc(Cl)cc2)cc1OC. The lowest BCUT2D eigenvalue weighted by molar-refractivity contribution is -0.140. The molecule has 0 fully saturated rings. The Morgan fingerprint density at radius 1 is 0.792 bits per heavy atom. The summed E-state index contributed by atoms with van der Waals surface area (Å²) in [5, 5.41) is 3.91. The number of benzene rings is 4. The molecule has 4 aromatic carbocycles. The highest BCUT2D eigenvalue weighted by Crippen LogP contribution is 2.33. The van der Waals surface area contributed by atoms with Crippen molar-refractivity contribution in [3.8, 4) is 11.5 Å². The molecule has 0 unspecified atom stereocenters. The van der Waals surface area contributed by atoms with E-state index in [1.54, 1.807) is 36.4 Å². The van der Waals surface area contributed by atoms with Crippen molar-refractivity contribution in [2.75, 3.05) is 25.1 Å². The number of anilines is 1. The number of methoxy groups -OCH3 is 2. The average molecular weight is 713 g/mol. The Balaban J connectivity index is 1.83. The van der Waals surface area contributed by atoms with Gasteiger partial charge < -0.3 is 19.7 Å². The summed E-state index contributed by atoms with van der Waals surface area (Å²) in [5.41, 5.74) is 1.13. The highest BCUT2D eigenvalue weighted by molar-refractivity contribution is 7.92. The number of hydrogen-bond acceptors (Lipinski definition) is 6. The van der Waals surface area contributed by atoms with Crippen LogP contribution in [0.15, 0.2) is 102 Å². The van der Waals surface area contributed by atoms with Crippen LogP contribution >= 0.6 is 23.2 Å². The van der Waals surface area contributed by atoms with E-state index in [0.29, 0.717) is 21.4 Å². The monoisotopic (exact) mass is 711 g/mol. The van der Waals surface area contributed by atoms with Crippen LogP contribution in [0.25, 0.3) is 0 Å². The first-order valence-corrected chi connectivity index (χ1v) is 17.3. The van der Waals surface area contributed by atoms with Crippen LogP contribution < -0.4 is 19.1 Å². The topological polar surface area (TPSA) is 105 Å². The predicted octanol–water partition coefficient (Wildman–Crippen LogP) is 6.76. The van der Waals surface area contributed by atoms with Gasteiger partial charge in [-0.2, -0.15) is 0 Å². The van der Waals surface area contributed by atoms with Crippen LogP contribution in [0, 0.1) is 0 Å². The number of carbonyl (C=O) groups is 2. The number of halogens is 2. The molecule has 254 valence electrons. The Kier molecular flexibility index (Phi) is 12.0. The smallest absolute Gasteiger partial charge is 0.264 e. The van der Waals surface area contributed by atoms with Crippen LogP contribution in [-0.4, -0.2) is 57.5 Å². The molecule has 48 heavy (non-hydrogen) atoms. The zero-order chi connectivity index (χ0) is 35.1. The van der Waals surface area contributed by atoms with E-state index in [2.05, 4.69) is 5.32 Å². The molecule has 1 atom stereocenters. The normalized spacial score (nSPS) is 12.1. The summed E-state index contributed by atoms with van der Waals surface area (Å²) in [5.74, 6) is -0.441. The van der Waals surface area contributed by atoms with E-state index < -0.39 is 34.1 Å². The second-order valence-electron chi connectivity index (χ2n) is 12.1. The summed E-state index contributed by atoms with van der Waals surface area (Å²) in [7, 11) is -1.53. The molecule has 0 heterocycles. The lowest BCUT2D eigenvalue weighted by Gasteiger charge is -2.35. The summed E-state index contributed by atoms with van der Waals surface area (Å²) < 4.78 is 40.4. The molecule has 12 heteroatoms. The van der Waals surface area contributed by atoms with E-state index in [9.17, 15) is 18.0 Å². The third-order valence-electron chi connectivity index (χ3n) is 7.37. The third-order valence-corrected chi connectivity index (χ3v) is 9.65. The molecule has 0 aliphatic carbocycles. The molecular weight excluding hydrogens is 673 g/mol. The Hall–Kier alpha value is -4.25. The molecule has 0 spiro atoms. The zero-order valence-electron chi connectivity index (χ0n) is 27.4. The number of ether oxygens (including phenoxy) is 2. The third kappa shape index (κ3) is 9.43. The highest BCUT2D eigenvalue weighted by Gasteiger charge is 2.36. The Morgan fingerprint density at radius 2 is 1.38 bits per heavy atom. The lowest BCUT2D eigenvalue weighted by Crippen LogP contribution is -2.56. The van der Waals surface area contributed by atoms with Gasteiger partial charge >= 0.3 is 0 Å². The molecule has 0 bridgehead atoms. The van der Waals surface area contributed by atoms with Gasteiger partial charge in [0.1, 0.15) is 12.6 Å². The van der Waals surface area contributed by atoms with Crippen LogP contribution in [0.2, 0.25) is 10.0 Å². The van der Waals surface area contributed by atoms with Crippen molar-refractivity contribution in [1.82, 2.24) is 10.2 Å². The largest absolute Gasteiger partial charge is 0.493 e. The molecule has 0 radical (unpaired) electrons. The van der Waals surface area contributed by atoms with Crippen molar-refractivity contribution < 1.29 is 27.5 Å². The number of hydrogen-bond donors (Lipinski definition) is 1. The standard InChI is InChI=1S/C36H39Cl2N3O6S/c1-36(2,3)39-35(43)31(21-25-9-7-6-8-10-25)40(23-26-11-13-27(37)14-12-26)34(42)24-41(29-17-15-28(38)16-18-29)48(44,45)30-19-20-32(46-4)33(22-30)47-5/h6-20,22,31H,21,23-24H2,1-5H3,(H,39,43)/t31-/m0/s1. The molecule has 0 aromatic heterocycles. The maximum absolute atomic E-state index is 14.6. The van der Waals surface area contributed by atoms with Crippen molar-refractivity contribution >= 4 is 50.7 Å². The first kappa shape index (κ1) is 36.6. The number of amides is 2. The van der Waals surface area contributed by atoms with E-state index in [4.69, 9.17) is 32.7 Å². The van der Waals surface area contributed by atoms with Crippen LogP contribution in [-0.2, 0) is 32.6 Å². The number of nitrogens with zero attached hydrogens (tertiary/aromatic N) is 2. The van der Waals surface area contributed by atoms with E-state index >= 15 is 0 Å². The van der Waals surface area contributed by atoms with Crippen LogP contribution in [0.3, 0.4) is 0 Å². The first-order chi connectivity index (χ1) is 22.7. The Morgan fingerprint density at radius 3 is 1.94 bits per heavy atom. The van der Waals surface area contributed by atoms with Gasteiger partial charge in [-0.15, -0.1) is 0 Å². The van der Waals surface area contributed by atoms with Crippen molar-refractivity contribution in [2.24, 2.45) is 0 Å². The fourth-order valence-corrected chi connectivity index (χ4v) is 6.72. The number of nitrogens with one attached hydrogen (secondary N) is 1. The molecule has 4 rings (SSSR count). The summed E-state index contributed by atoms with van der Waals surface area (Å²) >= 11 is 12.3. The maximum Gasteiger partial charge on any atom is 0.264 e. The Bertz CT molecular complexity index is 1810. The summed E-state index contributed by atoms with van der Waals surface area (Å²) in [6.07, 6.45) is 0.186. The predicted molar refractivity (Wildman–Crippen MR) is 189 cm³/mol. The molecule has 0 aliphatic rings. The lowest BCUT2D eigenvalue weighted by atomic mass is 10.0. The first-order valence-electron chi connectivity index (χ1n) is 15.1. The van der Waals surface area contributed by atoms with Gasteiger partial charge in [0.05, 0.1) is 24.8 Å². The second-order valence-corrected chi connectivity index (χ2v) is 14.8. The van der Waals surface area contributed by atoms with Crippen LogP contribution in [0.4, 0.5) is 5.69 Å². The second kappa shape index (κ2) is 15.8. The highest BCUT2D eigenvalue weighted by atomic mass is 35.5. The molecule has 9 nitrogen and oxygen atoms in total. The van der Waals surface area contributed by atoms with E-state index in [1.165, 1.54) is 49.5 Å². The van der Waals surface area contributed by atoms with Crippen molar-refractivity contribution in [3.63, 3.8) is 0 Å². The summed E-state index contributed by atoms with van der Waals surface area (Å²) in [4.78, 5) is 29.9. The molecular formula is C36H39Cl2N3O6S. The van der Waals surface area contributed by atoms with Crippen LogP contribution in [0.5, 0.6) is 11.5 Å². The van der Waals surface area contributed by atoms with E-state index in [0.717, 1.165) is 9.87 Å². The molecule has 0 saturated heterocycles. The molecule has 0 aliphatic heterocycles. The fraction of sp³-hybridized carbons (Fsp3) is 0.278. The van der Waals surface area contributed by atoms with Gasteiger partial charge in [0.2, 0.25) is 11.8 Å². The number of sulfonamides is 1. The molecule has 4 aromatic rings. The minimum Gasteiger partial charge on any atom is -0.493 e. The number of rotatable bonds is 13. The molecule has 2 amide bonds. The van der Waals surface area contributed by atoms with Gasteiger partial charge in [-0.3, -0.25) is 13.9 Å². The van der Waals surface area contributed by atoms with E-state index in [1.807, 2.05) is 51.1 Å². The number of carbonyl (C=O) groups excluding carboxylic acids is 2.